The highest BCUT2D eigenvalue weighted by Crippen LogP contribution is 2.14. The highest BCUT2D eigenvalue weighted by molar-refractivity contribution is 14.0. The number of fused-ring (bicyclic) bond motifs is 1. The maximum Gasteiger partial charge on any atom is 0.191 e. The van der Waals surface area contributed by atoms with Crippen LogP contribution in [0.4, 0.5) is 0 Å². The van der Waals surface area contributed by atoms with E-state index in [1.165, 1.54) is 11.1 Å². The Morgan fingerprint density at radius 3 is 2.53 bits per heavy atom. The van der Waals surface area contributed by atoms with E-state index in [-0.39, 0.29) is 24.0 Å². The second kappa shape index (κ2) is 11.6. The van der Waals surface area contributed by atoms with Crippen LogP contribution in [0.2, 0.25) is 0 Å². The lowest BCUT2D eigenvalue weighted by Gasteiger charge is -2.13. The molecule has 4 aromatic rings. The van der Waals surface area contributed by atoms with Gasteiger partial charge in [-0.2, -0.15) is 0 Å². The van der Waals surface area contributed by atoms with Crippen LogP contribution in [-0.2, 0) is 26.1 Å². The number of imidazole rings is 1. The van der Waals surface area contributed by atoms with Gasteiger partial charge in [-0.1, -0.05) is 43.3 Å². The molecule has 0 atom stereocenters. The number of guanidine groups is 1. The molecule has 0 bridgehead atoms. The molecule has 2 N–H and O–H groups in total. The first-order valence-corrected chi connectivity index (χ1v) is 10.6. The Bertz CT molecular complexity index is 1150. The number of hydrogen-bond acceptors (Lipinski definition) is 4. The maximum atomic E-state index is 4.47. The third-order valence-electron chi connectivity index (χ3n) is 5.24. The first-order valence-electron chi connectivity index (χ1n) is 10.6. The number of aliphatic imine (C=N–C) groups is 1. The van der Waals surface area contributed by atoms with Crippen molar-refractivity contribution in [2.75, 3.05) is 13.6 Å². The first kappa shape index (κ1) is 23.7. The summed E-state index contributed by atoms with van der Waals surface area (Å²) in [6, 6.07) is 16.8. The standard InChI is InChI=1S/C23H28N8.HI/c1-3-22-29-28-17-30(22)13-12-25-23(24-2)26-14-18-8-10-19(11-9-18)15-31-16-27-20-6-4-5-7-21(20)31;/h4-11,16-17H,3,12-15H2,1-2H3,(H2,24,25,26);1H. The van der Waals surface area contributed by atoms with Gasteiger partial charge in [0, 0.05) is 39.6 Å². The average Bonchev–Trinajstić information content (AvgIpc) is 3.44. The summed E-state index contributed by atoms with van der Waals surface area (Å²) in [5, 5.41) is 14.8. The molecule has 0 saturated heterocycles. The van der Waals surface area contributed by atoms with Gasteiger partial charge in [0.2, 0.25) is 0 Å². The third-order valence-corrected chi connectivity index (χ3v) is 5.24. The molecule has 0 aliphatic heterocycles. The number of halogens is 1. The molecule has 168 valence electrons. The Morgan fingerprint density at radius 1 is 0.969 bits per heavy atom. The summed E-state index contributed by atoms with van der Waals surface area (Å²) >= 11 is 0. The van der Waals surface area contributed by atoms with Crippen molar-refractivity contribution >= 4 is 41.0 Å². The van der Waals surface area contributed by atoms with Crippen LogP contribution in [0.1, 0.15) is 23.9 Å². The third kappa shape index (κ3) is 5.84. The van der Waals surface area contributed by atoms with Gasteiger partial charge in [0.05, 0.1) is 17.4 Å². The predicted molar refractivity (Wildman–Crippen MR) is 138 cm³/mol. The van der Waals surface area contributed by atoms with E-state index in [2.05, 4.69) is 77.2 Å². The molecule has 0 fully saturated rings. The summed E-state index contributed by atoms with van der Waals surface area (Å²) in [4.78, 5) is 8.77. The van der Waals surface area contributed by atoms with Crippen LogP contribution >= 0.6 is 24.0 Å². The number of hydrogen-bond donors (Lipinski definition) is 2. The number of para-hydroxylation sites is 2. The van der Waals surface area contributed by atoms with Gasteiger partial charge in [-0.05, 0) is 23.3 Å². The fraction of sp³-hybridized carbons (Fsp3) is 0.304. The fourth-order valence-electron chi connectivity index (χ4n) is 3.54. The Balaban J connectivity index is 0.00000289. The van der Waals surface area contributed by atoms with Crippen LogP contribution in [0.5, 0.6) is 0 Å². The Hall–Kier alpha value is -2.95. The molecule has 9 heteroatoms. The van der Waals surface area contributed by atoms with Crippen molar-refractivity contribution in [3.05, 3.63) is 78.1 Å². The smallest absolute Gasteiger partial charge is 0.191 e. The number of aromatic nitrogens is 5. The van der Waals surface area contributed by atoms with E-state index in [0.717, 1.165) is 48.9 Å². The number of nitrogens with one attached hydrogen (secondary N) is 2. The van der Waals surface area contributed by atoms with E-state index in [4.69, 9.17) is 0 Å². The van der Waals surface area contributed by atoms with Gasteiger partial charge in [-0.15, -0.1) is 34.2 Å². The van der Waals surface area contributed by atoms with Gasteiger partial charge < -0.3 is 19.8 Å². The lowest BCUT2D eigenvalue weighted by molar-refractivity contribution is 0.632. The zero-order valence-electron chi connectivity index (χ0n) is 18.4. The second-order valence-corrected chi connectivity index (χ2v) is 7.32. The Kier molecular flexibility index (Phi) is 8.60. The van der Waals surface area contributed by atoms with Crippen molar-refractivity contribution < 1.29 is 0 Å². The summed E-state index contributed by atoms with van der Waals surface area (Å²) in [7, 11) is 1.78. The fourth-order valence-corrected chi connectivity index (χ4v) is 3.54. The van der Waals surface area contributed by atoms with Gasteiger partial charge in [-0.25, -0.2) is 4.98 Å². The van der Waals surface area contributed by atoms with Crippen LogP contribution < -0.4 is 10.6 Å². The zero-order chi connectivity index (χ0) is 21.5. The molecule has 2 aromatic heterocycles. The van der Waals surface area contributed by atoms with E-state index in [0.29, 0.717) is 6.54 Å². The molecule has 2 aromatic carbocycles. The highest BCUT2D eigenvalue weighted by atomic mass is 127. The minimum atomic E-state index is 0. The number of benzene rings is 2. The normalized spacial score (nSPS) is 11.4. The summed E-state index contributed by atoms with van der Waals surface area (Å²) in [6.45, 7) is 5.15. The molecule has 32 heavy (non-hydrogen) atoms. The topological polar surface area (TPSA) is 85.0 Å². The number of nitrogens with zero attached hydrogens (tertiary/aromatic N) is 6. The monoisotopic (exact) mass is 544 g/mol. The SMILES string of the molecule is CCc1nncn1CCNC(=NC)NCc1ccc(Cn2cnc3ccccc32)cc1.I. The first-order chi connectivity index (χ1) is 15.3. The van der Waals surface area contributed by atoms with E-state index in [1.54, 1.807) is 13.4 Å². The second-order valence-electron chi connectivity index (χ2n) is 7.32. The molecule has 0 unspecified atom stereocenters. The number of aryl methyl sites for hydroxylation is 1. The van der Waals surface area contributed by atoms with Crippen molar-refractivity contribution in [2.45, 2.75) is 33.0 Å². The van der Waals surface area contributed by atoms with Crippen molar-refractivity contribution in [1.29, 1.82) is 0 Å². The summed E-state index contributed by atoms with van der Waals surface area (Å²) in [6.07, 6.45) is 4.55. The van der Waals surface area contributed by atoms with Crippen molar-refractivity contribution in [2.24, 2.45) is 4.99 Å². The molecule has 0 saturated carbocycles. The molecule has 0 amide bonds. The predicted octanol–water partition coefficient (Wildman–Crippen LogP) is 3.22. The average molecular weight is 544 g/mol. The number of rotatable bonds is 8. The van der Waals surface area contributed by atoms with E-state index in [9.17, 15) is 0 Å². The molecule has 8 nitrogen and oxygen atoms in total. The lowest BCUT2D eigenvalue weighted by Crippen LogP contribution is -2.38. The van der Waals surface area contributed by atoms with Crippen LogP contribution in [-0.4, -0.2) is 43.9 Å². The Morgan fingerprint density at radius 2 is 1.75 bits per heavy atom. The van der Waals surface area contributed by atoms with Gasteiger partial charge in [0.1, 0.15) is 12.2 Å². The highest BCUT2D eigenvalue weighted by Gasteiger charge is 2.04. The Labute approximate surface area is 205 Å². The van der Waals surface area contributed by atoms with E-state index < -0.39 is 0 Å². The molecule has 4 rings (SSSR count). The van der Waals surface area contributed by atoms with Crippen molar-refractivity contribution in [3.8, 4) is 0 Å². The summed E-state index contributed by atoms with van der Waals surface area (Å²) < 4.78 is 4.23. The van der Waals surface area contributed by atoms with Crippen LogP contribution in [0.25, 0.3) is 11.0 Å². The van der Waals surface area contributed by atoms with E-state index in [1.807, 2.05) is 24.5 Å². The largest absolute Gasteiger partial charge is 0.355 e. The molecule has 2 heterocycles. The van der Waals surface area contributed by atoms with Gasteiger partial charge >= 0.3 is 0 Å². The lowest BCUT2D eigenvalue weighted by atomic mass is 10.1. The van der Waals surface area contributed by atoms with Crippen LogP contribution in [0, 0.1) is 0 Å². The molecular formula is C23H29IN8. The van der Waals surface area contributed by atoms with Crippen molar-refractivity contribution in [1.82, 2.24) is 34.9 Å². The summed E-state index contributed by atoms with van der Waals surface area (Å²) in [5.41, 5.74) is 4.63. The van der Waals surface area contributed by atoms with Gasteiger partial charge in [0.25, 0.3) is 0 Å². The maximum absolute atomic E-state index is 4.47. The van der Waals surface area contributed by atoms with E-state index >= 15 is 0 Å². The van der Waals surface area contributed by atoms with Crippen molar-refractivity contribution in [3.63, 3.8) is 0 Å². The molecule has 0 radical (unpaired) electrons. The van der Waals surface area contributed by atoms with Gasteiger partial charge in [-0.3, -0.25) is 4.99 Å². The van der Waals surface area contributed by atoms with Gasteiger partial charge in [0.15, 0.2) is 5.96 Å². The van der Waals surface area contributed by atoms with Crippen LogP contribution in [0.15, 0.2) is 66.2 Å². The minimum Gasteiger partial charge on any atom is -0.355 e. The molecular weight excluding hydrogens is 515 g/mol. The molecule has 0 aliphatic rings. The zero-order valence-corrected chi connectivity index (χ0v) is 20.7. The van der Waals surface area contributed by atoms with Crippen LogP contribution in [0.3, 0.4) is 0 Å². The molecule has 0 spiro atoms. The molecule has 0 aliphatic carbocycles. The quantitative estimate of drug-likeness (QED) is 0.202. The summed E-state index contributed by atoms with van der Waals surface area (Å²) in [5.74, 6) is 1.77. The minimum absolute atomic E-state index is 0.